The number of aromatic amines is 1. The SMILES string of the molecule is Cc1nccc(Cn2c(SCC(=O)O)n[nH]c2=O)n1. The van der Waals surface area contributed by atoms with E-state index in [2.05, 4.69) is 20.2 Å². The van der Waals surface area contributed by atoms with Crippen LogP contribution in [0.2, 0.25) is 0 Å². The molecule has 100 valence electrons. The first-order valence-corrected chi connectivity index (χ1v) is 6.33. The third-order valence-corrected chi connectivity index (χ3v) is 3.16. The molecule has 0 amide bonds. The number of hydrogen-bond donors (Lipinski definition) is 2. The number of carbonyl (C=O) groups is 1. The van der Waals surface area contributed by atoms with Gasteiger partial charge in [0.2, 0.25) is 0 Å². The molecule has 2 aromatic heterocycles. The van der Waals surface area contributed by atoms with E-state index >= 15 is 0 Å². The van der Waals surface area contributed by atoms with Crippen molar-refractivity contribution in [2.24, 2.45) is 0 Å². The van der Waals surface area contributed by atoms with Crippen LogP contribution in [-0.2, 0) is 11.3 Å². The minimum atomic E-state index is -0.968. The summed E-state index contributed by atoms with van der Waals surface area (Å²) in [4.78, 5) is 30.3. The smallest absolute Gasteiger partial charge is 0.344 e. The van der Waals surface area contributed by atoms with Gasteiger partial charge in [0.15, 0.2) is 5.16 Å². The van der Waals surface area contributed by atoms with E-state index in [1.165, 1.54) is 4.57 Å². The second-order valence-electron chi connectivity index (χ2n) is 3.68. The molecule has 0 unspecified atom stereocenters. The number of carboxylic acid groups (broad SMARTS) is 1. The molecule has 0 saturated heterocycles. The Kier molecular flexibility index (Phi) is 3.95. The van der Waals surface area contributed by atoms with Crippen molar-refractivity contribution in [2.75, 3.05) is 5.75 Å². The number of nitrogens with one attached hydrogen (secondary N) is 1. The fourth-order valence-corrected chi connectivity index (χ4v) is 2.10. The molecule has 0 spiro atoms. The second kappa shape index (κ2) is 5.65. The number of thioether (sulfide) groups is 1. The van der Waals surface area contributed by atoms with E-state index < -0.39 is 11.7 Å². The van der Waals surface area contributed by atoms with Gasteiger partial charge in [0.1, 0.15) is 5.82 Å². The zero-order valence-electron chi connectivity index (χ0n) is 10.0. The Bertz CT molecular complexity index is 651. The summed E-state index contributed by atoms with van der Waals surface area (Å²) in [6.07, 6.45) is 1.60. The van der Waals surface area contributed by atoms with Crippen LogP contribution in [0.5, 0.6) is 0 Å². The van der Waals surface area contributed by atoms with E-state index in [0.29, 0.717) is 16.7 Å². The Morgan fingerprint density at radius 1 is 1.58 bits per heavy atom. The number of carboxylic acids is 1. The van der Waals surface area contributed by atoms with E-state index in [9.17, 15) is 9.59 Å². The molecule has 0 fully saturated rings. The van der Waals surface area contributed by atoms with Gasteiger partial charge in [-0.15, -0.1) is 5.10 Å². The van der Waals surface area contributed by atoms with Crippen LogP contribution in [0, 0.1) is 6.92 Å². The average Bonchev–Trinajstić information content (AvgIpc) is 2.68. The van der Waals surface area contributed by atoms with Gasteiger partial charge in [-0.25, -0.2) is 19.9 Å². The normalized spacial score (nSPS) is 10.6. The molecule has 0 atom stereocenters. The maximum absolute atomic E-state index is 11.6. The second-order valence-corrected chi connectivity index (χ2v) is 4.62. The predicted molar refractivity (Wildman–Crippen MR) is 67.1 cm³/mol. The van der Waals surface area contributed by atoms with Gasteiger partial charge in [0.25, 0.3) is 0 Å². The van der Waals surface area contributed by atoms with Crippen molar-refractivity contribution in [1.82, 2.24) is 24.7 Å². The van der Waals surface area contributed by atoms with E-state index in [4.69, 9.17) is 5.11 Å². The Hall–Kier alpha value is -2.16. The van der Waals surface area contributed by atoms with Crippen LogP contribution in [0.4, 0.5) is 0 Å². The van der Waals surface area contributed by atoms with Crippen molar-refractivity contribution in [2.45, 2.75) is 18.6 Å². The molecule has 2 rings (SSSR count). The first-order valence-electron chi connectivity index (χ1n) is 5.34. The summed E-state index contributed by atoms with van der Waals surface area (Å²) in [7, 11) is 0. The largest absolute Gasteiger partial charge is 0.481 e. The zero-order chi connectivity index (χ0) is 13.8. The Morgan fingerprint density at radius 2 is 2.37 bits per heavy atom. The standard InChI is InChI=1S/C10H11N5O3S/c1-6-11-3-2-7(12-6)4-15-9(18)13-14-10(15)19-5-8(16)17/h2-3H,4-5H2,1H3,(H,13,18)(H,16,17). The highest BCUT2D eigenvalue weighted by molar-refractivity contribution is 7.99. The molecule has 19 heavy (non-hydrogen) atoms. The van der Waals surface area contributed by atoms with Crippen LogP contribution in [-0.4, -0.2) is 41.6 Å². The van der Waals surface area contributed by atoms with Crippen molar-refractivity contribution in [3.8, 4) is 0 Å². The fourth-order valence-electron chi connectivity index (χ4n) is 1.43. The number of aliphatic carboxylic acids is 1. The van der Waals surface area contributed by atoms with Gasteiger partial charge in [-0.2, -0.15) is 0 Å². The molecule has 2 N–H and O–H groups in total. The molecular formula is C10H11N5O3S. The van der Waals surface area contributed by atoms with E-state index in [0.717, 1.165) is 11.8 Å². The monoisotopic (exact) mass is 281 g/mol. The van der Waals surface area contributed by atoms with Gasteiger partial charge in [-0.3, -0.25) is 9.36 Å². The van der Waals surface area contributed by atoms with Gasteiger partial charge in [-0.1, -0.05) is 11.8 Å². The lowest BCUT2D eigenvalue weighted by Gasteiger charge is -2.04. The van der Waals surface area contributed by atoms with Gasteiger partial charge in [-0.05, 0) is 13.0 Å². The summed E-state index contributed by atoms with van der Waals surface area (Å²) in [6.45, 7) is 1.97. The molecule has 0 bridgehead atoms. The summed E-state index contributed by atoms with van der Waals surface area (Å²) in [5.74, 6) is -0.522. The highest BCUT2D eigenvalue weighted by Crippen LogP contribution is 2.13. The van der Waals surface area contributed by atoms with Gasteiger partial charge >= 0.3 is 11.7 Å². The van der Waals surface area contributed by atoms with Crippen molar-refractivity contribution >= 4 is 17.7 Å². The summed E-state index contributed by atoms with van der Waals surface area (Å²) in [5, 5.41) is 15.0. The molecule has 0 aliphatic heterocycles. The van der Waals surface area contributed by atoms with Crippen LogP contribution in [0.3, 0.4) is 0 Å². The van der Waals surface area contributed by atoms with Crippen LogP contribution in [0.25, 0.3) is 0 Å². The lowest BCUT2D eigenvalue weighted by atomic mass is 10.4. The van der Waals surface area contributed by atoms with Crippen molar-refractivity contribution in [3.63, 3.8) is 0 Å². The third kappa shape index (κ3) is 3.41. The van der Waals surface area contributed by atoms with Crippen LogP contribution < -0.4 is 5.69 Å². The van der Waals surface area contributed by atoms with Crippen molar-refractivity contribution in [1.29, 1.82) is 0 Å². The number of aromatic nitrogens is 5. The molecule has 0 aromatic carbocycles. The van der Waals surface area contributed by atoms with Crippen molar-refractivity contribution in [3.05, 3.63) is 34.3 Å². The quantitative estimate of drug-likeness (QED) is 0.735. The topological polar surface area (TPSA) is 114 Å². The first-order chi connectivity index (χ1) is 9.06. The summed E-state index contributed by atoms with van der Waals surface area (Å²) >= 11 is 0.977. The minimum absolute atomic E-state index is 0.160. The summed E-state index contributed by atoms with van der Waals surface area (Å²) < 4.78 is 1.34. The lowest BCUT2D eigenvalue weighted by molar-refractivity contribution is -0.133. The number of rotatable bonds is 5. The molecule has 0 aliphatic carbocycles. The molecule has 0 radical (unpaired) electrons. The highest BCUT2D eigenvalue weighted by Gasteiger charge is 2.11. The van der Waals surface area contributed by atoms with E-state index in [-0.39, 0.29) is 12.3 Å². The minimum Gasteiger partial charge on any atom is -0.481 e. The zero-order valence-corrected chi connectivity index (χ0v) is 10.8. The molecule has 8 nitrogen and oxygen atoms in total. The van der Waals surface area contributed by atoms with Gasteiger partial charge in [0, 0.05) is 6.20 Å². The van der Waals surface area contributed by atoms with Gasteiger partial charge in [0.05, 0.1) is 18.0 Å². The van der Waals surface area contributed by atoms with Crippen LogP contribution in [0.1, 0.15) is 11.5 Å². The number of aryl methyl sites for hydroxylation is 1. The summed E-state index contributed by atoms with van der Waals surface area (Å²) in [6, 6.07) is 1.69. The van der Waals surface area contributed by atoms with E-state index in [1.54, 1.807) is 19.2 Å². The first kappa shape index (κ1) is 13.3. The van der Waals surface area contributed by atoms with Crippen molar-refractivity contribution < 1.29 is 9.90 Å². The molecule has 2 aromatic rings. The maximum Gasteiger partial charge on any atom is 0.344 e. The van der Waals surface area contributed by atoms with Crippen LogP contribution in [0.15, 0.2) is 22.2 Å². The molecule has 0 aliphatic rings. The predicted octanol–water partition coefficient (Wildman–Crippen LogP) is -0.105. The average molecular weight is 281 g/mol. The Morgan fingerprint density at radius 3 is 3.05 bits per heavy atom. The number of nitrogens with zero attached hydrogens (tertiary/aromatic N) is 4. The molecule has 9 heteroatoms. The van der Waals surface area contributed by atoms with Gasteiger partial charge < -0.3 is 5.11 Å². The molecule has 2 heterocycles. The Labute approximate surface area is 111 Å². The highest BCUT2D eigenvalue weighted by atomic mass is 32.2. The molecular weight excluding hydrogens is 270 g/mol. The Balaban J connectivity index is 2.22. The van der Waals surface area contributed by atoms with Crippen LogP contribution >= 0.6 is 11.8 Å². The summed E-state index contributed by atoms with van der Waals surface area (Å²) in [5.41, 5.74) is 0.261. The number of hydrogen-bond acceptors (Lipinski definition) is 6. The number of H-pyrrole nitrogens is 1. The lowest BCUT2D eigenvalue weighted by Crippen LogP contribution is -2.19. The van der Waals surface area contributed by atoms with E-state index in [1.807, 2.05) is 0 Å². The third-order valence-electron chi connectivity index (χ3n) is 2.20. The maximum atomic E-state index is 11.6. The molecule has 0 saturated carbocycles. The fraction of sp³-hybridized carbons (Fsp3) is 0.300.